The van der Waals surface area contributed by atoms with Crippen LogP contribution in [0.25, 0.3) is 0 Å². The minimum Gasteiger partial charge on any atom is -0.416 e. The van der Waals surface area contributed by atoms with Gasteiger partial charge in [0.2, 0.25) is 8.32 Å². The van der Waals surface area contributed by atoms with Crippen LogP contribution in [0, 0.1) is 11.8 Å². The first kappa shape index (κ1) is 8.51. The van der Waals surface area contributed by atoms with Gasteiger partial charge >= 0.3 is 0 Å². The molecule has 1 saturated carbocycles. The fourth-order valence-corrected chi connectivity index (χ4v) is 4.77. The molecule has 0 aromatic carbocycles. The molecule has 0 heterocycles. The van der Waals surface area contributed by atoms with Crippen LogP contribution in [0.4, 0.5) is 0 Å². The molecule has 1 nitrogen and oxygen atoms in total. The van der Waals surface area contributed by atoms with E-state index >= 15 is 0 Å². The van der Waals surface area contributed by atoms with Crippen molar-refractivity contribution in [3.05, 3.63) is 11.3 Å². The number of allylic oxidation sites excluding steroid dienone is 2. The summed E-state index contributed by atoms with van der Waals surface area (Å²) < 4.78 is 5.64. The van der Waals surface area contributed by atoms with Gasteiger partial charge in [-0.15, -0.1) is 0 Å². The maximum absolute atomic E-state index is 5.64. The highest BCUT2D eigenvalue weighted by Crippen LogP contribution is 2.46. The van der Waals surface area contributed by atoms with E-state index in [0.29, 0.717) is 0 Å². The van der Waals surface area contributed by atoms with Crippen LogP contribution < -0.4 is 0 Å². The summed E-state index contributed by atoms with van der Waals surface area (Å²) in [7, 11) is 0.437. The third-order valence-corrected chi connectivity index (χ3v) is 6.52. The van der Waals surface area contributed by atoms with Crippen molar-refractivity contribution < 1.29 is 4.43 Å². The highest BCUT2D eigenvalue weighted by Gasteiger charge is 2.41. The van der Waals surface area contributed by atoms with Crippen LogP contribution in [0.2, 0.25) is 13.1 Å². The summed E-state index contributed by atoms with van der Waals surface area (Å²) in [6, 6.07) is 0. The number of fused-ring (bicyclic) bond motifs is 2. The molecule has 0 aromatic heterocycles. The first-order valence-electron chi connectivity index (χ1n) is 4.91. The lowest BCUT2D eigenvalue weighted by Gasteiger charge is -2.27. The predicted molar refractivity (Wildman–Crippen MR) is 53.4 cm³/mol. The Kier molecular flexibility index (Phi) is 1.92. The molecular formula is C10H18OSi. The Labute approximate surface area is 75.9 Å². The van der Waals surface area contributed by atoms with Crippen molar-refractivity contribution >= 4 is 8.32 Å². The number of hydrogen-bond donors (Lipinski definition) is 0. The Hall–Kier alpha value is -0.0831. The Morgan fingerprint density at radius 1 is 1.42 bits per heavy atom. The molecule has 68 valence electrons. The summed E-state index contributed by atoms with van der Waals surface area (Å²) in [6.07, 6.45) is 6.80. The molecule has 0 amide bonds. The van der Waals surface area contributed by atoms with Gasteiger partial charge < -0.3 is 4.43 Å². The fourth-order valence-electron chi connectivity index (χ4n) is 2.65. The zero-order valence-electron chi connectivity index (χ0n) is 8.26. The van der Waals surface area contributed by atoms with Gasteiger partial charge in [0.25, 0.3) is 0 Å². The van der Waals surface area contributed by atoms with Gasteiger partial charge in [0.1, 0.15) is 0 Å². The Morgan fingerprint density at radius 2 is 2.17 bits per heavy atom. The maximum Gasteiger partial charge on any atom is 0.213 e. The van der Waals surface area contributed by atoms with Crippen LogP contribution in [-0.2, 0) is 4.43 Å². The molecule has 2 bridgehead atoms. The lowest BCUT2D eigenvalue weighted by atomic mass is 10.1. The van der Waals surface area contributed by atoms with Gasteiger partial charge in [-0.2, -0.15) is 0 Å². The quantitative estimate of drug-likeness (QED) is 0.597. The van der Waals surface area contributed by atoms with Crippen LogP contribution in [0.1, 0.15) is 19.3 Å². The van der Waals surface area contributed by atoms with E-state index in [0.717, 1.165) is 11.8 Å². The van der Waals surface area contributed by atoms with E-state index in [2.05, 4.69) is 19.2 Å². The molecule has 0 aromatic rings. The Bertz CT molecular complexity index is 220. The highest BCUT2D eigenvalue weighted by molar-refractivity contribution is 6.78. The van der Waals surface area contributed by atoms with E-state index in [1.165, 1.54) is 19.3 Å². The van der Waals surface area contributed by atoms with Gasteiger partial charge in [0, 0.05) is 7.11 Å². The SMILES string of the molecule is CO[Si](C)(C)C1=CC2CCC1C2. The molecule has 2 heteroatoms. The average Bonchev–Trinajstić information content (AvgIpc) is 2.64. The third kappa shape index (κ3) is 1.17. The van der Waals surface area contributed by atoms with Crippen LogP contribution in [0.3, 0.4) is 0 Å². The van der Waals surface area contributed by atoms with E-state index in [-0.39, 0.29) is 0 Å². The second-order valence-electron chi connectivity index (χ2n) is 4.61. The van der Waals surface area contributed by atoms with E-state index in [4.69, 9.17) is 4.43 Å². The third-order valence-electron chi connectivity index (χ3n) is 3.53. The van der Waals surface area contributed by atoms with Gasteiger partial charge in [-0.3, -0.25) is 0 Å². The van der Waals surface area contributed by atoms with Crippen molar-refractivity contribution in [3.8, 4) is 0 Å². The second-order valence-corrected chi connectivity index (χ2v) is 8.61. The zero-order valence-corrected chi connectivity index (χ0v) is 9.26. The molecule has 12 heavy (non-hydrogen) atoms. The number of hydrogen-bond acceptors (Lipinski definition) is 1. The van der Waals surface area contributed by atoms with Crippen LogP contribution in [-0.4, -0.2) is 15.4 Å². The standard InChI is InChI=1S/C10H18OSi/c1-11-12(2,3)10-7-8-4-5-9(10)6-8/h7-9H,4-6H2,1-3H3. The molecular weight excluding hydrogens is 164 g/mol. The molecule has 0 radical (unpaired) electrons. The fraction of sp³-hybridized carbons (Fsp3) is 0.800. The van der Waals surface area contributed by atoms with Gasteiger partial charge in [0.05, 0.1) is 0 Å². The topological polar surface area (TPSA) is 9.23 Å². The monoisotopic (exact) mass is 182 g/mol. The normalized spacial score (nSPS) is 34.1. The molecule has 2 atom stereocenters. The smallest absolute Gasteiger partial charge is 0.213 e. The summed E-state index contributed by atoms with van der Waals surface area (Å²) in [5.74, 6) is 1.81. The summed E-state index contributed by atoms with van der Waals surface area (Å²) in [5, 5.41) is 1.70. The summed E-state index contributed by atoms with van der Waals surface area (Å²) in [5.41, 5.74) is 0. The predicted octanol–water partition coefficient (Wildman–Crippen LogP) is 2.73. The van der Waals surface area contributed by atoms with Crippen molar-refractivity contribution in [2.45, 2.75) is 32.4 Å². The Balaban J connectivity index is 2.20. The maximum atomic E-state index is 5.64. The molecule has 0 spiro atoms. The van der Waals surface area contributed by atoms with Gasteiger partial charge in [-0.1, -0.05) is 11.3 Å². The molecule has 2 aliphatic rings. The van der Waals surface area contributed by atoms with E-state index in [9.17, 15) is 0 Å². The molecule has 2 aliphatic carbocycles. The molecule has 0 N–H and O–H groups in total. The van der Waals surface area contributed by atoms with Crippen molar-refractivity contribution in [1.29, 1.82) is 0 Å². The van der Waals surface area contributed by atoms with E-state index < -0.39 is 8.32 Å². The first-order chi connectivity index (χ1) is 5.63. The summed E-state index contributed by atoms with van der Waals surface area (Å²) >= 11 is 0. The molecule has 2 rings (SSSR count). The molecule has 2 unspecified atom stereocenters. The van der Waals surface area contributed by atoms with Crippen molar-refractivity contribution in [2.75, 3.05) is 7.11 Å². The first-order valence-corrected chi connectivity index (χ1v) is 7.81. The summed E-state index contributed by atoms with van der Waals surface area (Å²) in [4.78, 5) is 0. The lowest BCUT2D eigenvalue weighted by Crippen LogP contribution is -2.34. The second kappa shape index (κ2) is 2.71. The van der Waals surface area contributed by atoms with Gasteiger partial charge in [0.15, 0.2) is 0 Å². The van der Waals surface area contributed by atoms with Crippen LogP contribution in [0.15, 0.2) is 11.3 Å². The van der Waals surface area contributed by atoms with Gasteiger partial charge in [-0.25, -0.2) is 0 Å². The van der Waals surface area contributed by atoms with Crippen LogP contribution >= 0.6 is 0 Å². The number of rotatable bonds is 2. The molecule has 1 fully saturated rings. The summed E-state index contributed by atoms with van der Waals surface area (Å²) in [6.45, 7) is 4.64. The molecule has 0 saturated heterocycles. The van der Waals surface area contributed by atoms with Crippen molar-refractivity contribution in [3.63, 3.8) is 0 Å². The average molecular weight is 182 g/mol. The van der Waals surface area contributed by atoms with E-state index in [1.54, 1.807) is 5.20 Å². The van der Waals surface area contributed by atoms with Gasteiger partial charge in [-0.05, 0) is 44.2 Å². The van der Waals surface area contributed by atoms with Crippen molar-refractivity contribution in [1.82, 2.24) is 0 Å². The highest BCUT2D eigenvalue weighted by atomic mass is 28.4. The Morgan fingerprint density at radius 3 is 2.58 bits per heavy atom. The van der Waals surface area contributed by atoms with E-state index in [1.807, 2.05) is 7.11 Å². The molecule has 0 aliphatic heterocycles. The van der Waals surface area contributed by atoms with Crippen molar-refractivity contribution in [2.24, 2.45) is 11.8 Å². The zero-order chi connectivity index (χ0) is 8.77. The lowest BCUT2D eigenvalue weighted by molar-refractivity contribution is 0.406. The van der Waals surface area contributed by atoms with Crippen LogP contribution in [0.5, 0.6) is 0 Å². The largest absolute Gasteiger partial charge is 0.416 e. The minimum absolute atomic E-state index is 0.900. The minimum atomic E-state index is -1.44.